The predicted molar refractivity (Wildman–Crippen MR) is 139 cm³/mol. The molecule has 0 unspecified atom stereocenters. The second kappa shape index (κ2) is 8.52. The largest absolute Gasteiger partial charge is 0.434 e. The fourth-order valence-electron chi connectivity index (χ4n) is 6.74. The molecule has 3 aliphatic rings. The Kier molecular flexibility index (Phi) is 4.86. The number of halogens is 3. The third-order valence-corrected chi connectivity index (χ3v) is 8.29. The molecule has 40 heavy (non-hydrogen) atoms. The molecule has 0 saturated heterocycles. The summed E-state index contributed by atoms with van der Waals surface area (Å²) in [7, 11) is 0. The van der Waals surface area contributed by atoms with Gasteiger partial charge in [-0.1, -0.05) is 19.1 Å². The number of aliphatic hydroxyl groups is 1. The fourth-order valence-corrected chi connectivity index (χ4v) is 6.74. The molecule has 1 fully saturated rings. The zero-order valence-electron chi connectivity index (χ0n) is 23.3. The number of aromatic nitrogens is 3. The number of benzene rings is 2. The van der Waals surface area contributed by atoms with Crippen LogP contribution in [0, 0.1) is 11.2 Å². The van der Waals surface area contributed by atoms with E-state index in [-0.39, 0.29) is 29.8 Å². The second-order valence-electron chi connectivity index (χ2n) is 11.2. The SMILES string of the molecule is [2H]C([2H])(O)C1(C)CC(N)(c2ncc(-c3ccc4nc5n(c4c3)[C@@H]3C[C@H]5NC(=O)c4cccc(OC(F)F)c43)cc2F)C1. The van der Waals surface area contributed by atoms with Gasteiger partial charge in [0.25, 0.3) is 5.91 Å². The summed E-state index contributed by atoms with van der Waals surface area (Å²) in [5.41, 5.74) is 7.04. The van der Waals surface area contributed by atoms with E-state index in [9.17, 15) is 18.7 Å². The van der Waals surface area contributed by atoms with Crippen molar-refractivity contribution >= 4 is 16.9 Å². The van der Waals surface area contributed by atoms with Crippen LogP contribution in [0.4, 0.5) is 13.2 Å². The van der Waals surface area contributed by atoms with Crippen molar-refractivity contribution < 1.29 is 30.6 Å². The van der Waals surface area contributed by atoms with Gasteiger partial charge in [-0.15, -0.1) is 0 Å². The minimum absolute atomic E-state index is 0.00301. The molecule has 2 aromatic carbocycles. The number of carbonyl (C=O) groups excluding carboxylic acids is 1. The maximum absolute atomic E-state index is 15.4. The molecule has 4 N–H and O–H groups in total. The average molecular weight is 552 g/mol. The predicted octanol–water partition coefficient (Wildman–Crippen LogP) is 4.56. The molecule has 2 atom stereocenters. The summed E-state index contributed by atoms with van der Waals surface area (Å²) in [6.45, 7) is -3.96. The van der Waals surface area contributed by atoms with E-state index in [0.717, 1.165) is 0 Å². The number of imidazole rings is 1. The number of carbonyl (C=O) groups is 1. The Morgan fingerprint density at radius 3 is 2.80 bits per heavy atom. The number of rotatable bonds is 5. The van der Waals surface area contributed by atoms with Crippen LogP contribution in [0.1, 0.15) is 68.5 Å². The highest BCUT2D eigenvalue weighted by molar-refractivity contribution is 5.98. The Labute approximate surface area is 229 Å². The second-order valence-corrected chi connectivity index (χ2v) is 11.2. The number of amides is 1. The molecule has 1 amide bonds. The van der Waals surface area contributed by atoms with Crippen LogP contribution in [-0.2, 0) is 5.54 Å². The molecule has 8 nitrogen and oxygen atoms in total. The van der Waals surface area contributed by atoms with Gasteiger partial charge in [0.2, 0.25) is 0 Å². The molecule has 0 radical (unpaired) electrons. The molecule has 11 heteroatoms. The third-order valence-electron chi connectivity index (χ3n) is 8.29. The Bertz CT molecular complexity index is 1780. The lowest BCUT2D eigenvalue weighted by molar-refractivity contribution is -0.0507. The molecule has 4 heterocycles. The Morgan fingerprint density at radius 2 is 2.08 bits per heavy atom. The van der Waals surface area contributed by atoms with Gasteiger partial charge in [-0.25, -0.2) is 9.37 Å². The first-order valence-corrected chi connectivity index (χ1v) is 12.9. The van der Waals surface area contributed by atoms with Crippen molar-refractivity contribution in [2.45, 2.75) is 50.4 Å². The van der Waals surface area contributed by atoms with Crippen molar-refractivity contribution in [3.05, 3.63) is 77.1 Å². The molecular weight excluding hydrogens is 523 g/mol. The van der Waals surface area contributed by atoms with Crippen molar-refractivity contribution in [3.63, 3.8) is 0 Å². The molecule has 1 saturated carbocycles. The van der Waals surface area contributed by atoms with Crippen LogP contribution in [0.25, 0.3) is 22.2 Å². The van der Waals surface area contributed by atoms with Crippen molar-refractivity contribution in [2.24, 2.45) is 11.1 Å². The van der Waals surface area contributed by atoms with Gasteiger partial charge in [-0.3, -0.25) is 9.78 Å². The van der Waals surface area contributed by atoms with Crippen LogP contribution in [0.3, 0.4) is 0 Å². The third kappa shape index (κ3) is 3.64. The standard InChI is InChI=1S/C29H26F3N5O3/c1-28(13-38)11-29(33,12-28)24-17(30)7-15(10-34-24)14-5-6-18-20(8-14)37-21-9-19(25(37)35-18)36-26(39)16-3-2-4-22(23(16)21)40-27(31)32/h2-8,10,19,21,27,38H,9,11-13,33H2,1H3,(H,36,39)/t19-,21-,28?,29?/m1/s1/i13D2. The number of alkyl halides is 2. The van der Waals surface area contributed by atoms with Crippen molar-refractivity contribution in [3.8, 4) is 16.9 Å². The summed E-state index contributed by atoms with van der Waals surface area (Å²) in [5, 5.41) is 12.8. The number of nitrogens with zero attached hydrogens (tertiary/aromatic N) is 3. The number of hydrogen-bond donors (Lipinski definition) is 3. The number of pyridine rings is 1. The van der Waals surface area contributed by atoms with Gasteiger partial charge < -0.3 is 25.5 Å². The highest BCUT2D eigenvalue weighted by Crippen LogP contribution is 2.52. The quantitative estimate of drug-likeness (QED) is 0.335. The van der Waals surface area contributed by atoms with E-state index in [4.69, 9.17) is 18.2 Å². The molecule has 1 aliphatic carbocycles. The van der Waals surface area contributed by atoms with Crippen LogP contribution in [0.5, 0.6) is 5.75 Å². The molecular formula is C29H26F3N5O3. The molecule has 4 aromatic rings. The summed E-state index contributed by atoms with van der Waals surface area (Å²) in [6.07, 6.45) is 1.95. The van der Waals surface area contributed by atoms with Crippen LogP contribution in [0.15, 0.2) is 48.7 Å². The minimum Gasteiger partial charge on any atom is -0.434 e. The number of ether oxygens (including phenoxy) is 1. The first kappa shape index (κ1) is 22.8. The molecule has 0 spiro atoms. The van der Waals surface area contributed by atoms with Gasteiger partial charge in [0.05, 0.1) is 37.1 Å². The maximum atomic E-state index is 15.4. The van der Waals surface area contributed by atoms with Gasteiger partial charge >= 0.3 is 6.61 Å². The van der Waals surface area contributed by atoms with Gasteiger partial charge in [-0.2, -0.15) is 8.78 Å². The van der Waals surface area contributed by atoms with Crippen molar-refractivity contribution in [2.75, 3.05) is 6.56 Å². The zero-order chi connectivity index (χ0) is 29.8. The van der Waals surface area contributed by atoms with Gasteiger partial charge in [0.1, 0.15) is 17.4 Å². The average Bonchev–Trinajstić information content (AvgIpc) is 3.38. The zero-order valence-corrected chi connectivity index (χ0v) is 21.3. The Morgan fingerprint density at radius 1 is 1.27 bits per heavy atom. The summed E-state index contributed by atoms with van der Waals surface area (Å²) in [6, 6.07) is 10.2. The molecule has 7 rings (SSSR count). The van der Waals surface area contributed by atoms with E-state index < -0.39 is 47.9 Å². The van der Waals surface area contributed by atoms with Crippen LogP contribution in [-0.4, -0.2) is 38.7 Å². The first-order chi connectivity index (χ1) is 19.8. The first-order valence-electron chi connectivity index (χ1n) is 13.9. The van der Waals surface area contributed by atoms with Crippen LogP contribution >= 0.6 is 0 Å². The van der Waals surface area contributed by atoms with Crippen LogP contribution < -0.4 is 15.8 Å². The monoisotopic (exact) mass is 551 g/mol. The number of hydrogen-bond acceptors (Lipinski definition) is 6. The lowest BCUT2D eigenvalue weighted by Gasteiger charge is -2.51. The van der Waals surface area contributed by atoms with Gasteiger partial charge in [0.15, 0.2) is 0 Å². The Hall–Kier alpha value is -3.96. The summed E-state index contributed by atoms with van der Waals surface area (Å²) < 4.78 is 64.1. The molecule has 2 aromatic heterocycles. The molecule has 2 aliphatic heterocycles. The van der Waals surface area contributed by atoms with E-state index >= 15 is 4.39 Å². The minimum atomic E-state index is -3.07. The van der Waals surface area contributed by atoms with E-state index in [1.165, 1.54) is 24.4 Å². The normalized spacial score (nSPS) is 27.8. The highest BCUT2D eigenvalue weighted by Gasteiger charge is 2.52. The van der Waals surface area contributed by atoms with Gasteiger partial charge in [-0.05, 0) is 60.6 Å². The number of nitrogens with two attached hydrogens (primary N) is 1. The van der Waals surface area contributed by atoms with Crippen molar-refractivity contribution in [1.29, 1.82) is 0 Å². The number of nitrogens with one attached hydrogen (secondary N) is 1. The molecule has 206 valence electrons. The van der Waals surface area contributed by atoms with Crippen LogP contribution in [0.2, 0.25) is 0 Å². The van der Waals surface area contributed by atoms with Crippen molar-refractivity contribution in [1.82, 2.24) is 19.9 Å². The van der Waals surface area contributed by atoms with Gasteiger partial charge in [0, 0.05) is 29.4 Å². The maximum Gasteiger partial charge on any atom is 0.387 e. The summed E-state index contributed by atoms with van der Waals surface area (Å²) >= 11 is 0. The number of fused-ring (bicyclic) bond motifs is 9. The topological polar surface area (TPSA) is 115 Å². The lowest BCUT2D eigenvalue weighted by Crippen LogP contribution is -2.56. The summed E-state index contributed by atoms with van der Waals surface area (Å²) in [5.74, 6) is -0.531. The smallest absolute Gasteiger partial charge is 0.387 e. The highest BCUT2D eigenvalue weighted by atomic mass is 19.3. The van der Waals surface area contributed by atoms with E-state index in [1.807, 2.05) is 10.6 Å². The van der Waals surface area contributed by atoms with E-state index in [0.29, 0.717) is 40.0 Å². The lowest BCUT2D eigenvalue weighted by atomic mass is 9.57. The molecule has 2 bridgehead atoms. The van der Waals surface area contributed by atoms with E-state index in [2.05, 4.69) is 10.3 Å². The van der Waals surface area contributed by atoms with E-state index in [1.54, 1.807) is 25.1 Å². The summed E-state index contributed by atoms with van der Waals surface area (Å²) in [4.78, 5) is 22.0. The Balaban J connectivity index is 1.28. The fraction of sp³-hybridized carbons (Fsp3) is 0.345.